The molecule has 1 atom stereocenters. The fraction of sp³-hybridized carbons (Fsp3) is 0.600. The summed E-state index contributed by atoms with van der Waals surface area (Å²) in [6.45, 7) is 1.42. The number of carbonyl (C=O) groups excluding carboxylic acids is 1. The minimum atomic E-state index is -0.0433. The maximum atomic E-state index is 13.3. The molecule has 0 radical (unpaired) electrons. The van der Waals surface area contributed by atoms with Gasteiger partial charge in [0.2, 0.25) is 11.8 Å². The number of amides is 1. The number of pyridine rings is 1. The van der Waals surface area contributed by atoms with Gasteiger partial charge in [-0.3, -0.25) is 4.79 Å². The highest BCUT2D eigenvalue weighted by atomic mass is 16.5. The highest BCUT2D eigenvalue weighted by Gasteiger charge is 2.54. The van der Waals surface area contributed by atoms with Crippen molar-refractivity contribution in [3.63, 3.8) is 0 Å². The molecule has 148 valence electrons. The molecule has 5 rings (SSSR count). The molecule has 1 spiro atoms. The number of carbonyl (C=O) groups is 1. The first-order valence-corrected chi connectivity index (χ1v) is 9.93. The van der Waals surface area contributed by atoms with Crippen LogP contribution >= 0.6 is 0 Å². The lowest BCUT2D eigenvalue weighted by Gasteiger charge is -2.42. The summed E-state index contributed by atoms with van der Waals surface area (Å²) in [5.41, 5.74) is 0.602. The first-order valence-electron chi connectivity index (χ1n) is 9.93. The SMILES string of the molecule is COc1ccc(C(=O)N2CC(c3nncn3C3CC3)C3(CCC3)C2)c(OC)n1. The largest absolute Gasteiger partial charge is 0.481 e. The lowest BCUT2D eigenvalue weighted by molar-refractivity contribution is 0.0719. The van der Waals surface area contributed by atoms with Crippen molar-refractivity contribution in [3.8, 4) is 11.8 Å². The smallest absolute Gasteiger partial charge is 0.259 e. The van der Waals surface area contributed by atoms with E-state index in [2.05, 4.69) is 19.7 Å². The second-order valence-electron chi connectivity index (χ2n) is 8.19. The van der Waals surface area contributed by atoms with Gasteiger partial charge in [-0.15, -0.1) is 10.2 Å². The van der Waals surface area contributed by atoms with Crippen LogP contribution in [0.1, 0.15) is 60.2 Å². The van der Waals surface area contributed by atoms with Crippen LogP contribution in [-0.2, 0) is 0 Å². The van der Waals surface area contributed by atoms with Crippen molar-refractivity contribution in [3.05, 3.63) is 29.8 Å². The molecule has 0 N–H and O–H groups in total. The van der Waals surface area contributed by atoms with Gasteiger partial charge in [0.15, 0.2) is 0 Å². The lowest BCUT2D eigenvalue weighted by Crippen LogP contribution is -2.38. The molecular formula is C20H25N5O3. The van der Waals surface area contributed by atoms with Gasteiger partial charge >= 0.3 is 0 Å². The van der Waals surface area contributed by atoms with Gasteiger partial charge < -0.3 is 18.9 Å². The maximum Gasteiger partial charge on any atom is 0.259 e. The highest BCUT2D eigenvalue weighted by Crippen LogP contribution is 2.56. The van der Waals surface area contributed by atoms with Crippen LogP contribution in [0.15, 0.2) is 18.5 Å². The van der Waals surface area contributed by atoms with E-state index in [-0.39, 0.29) is 17.2 Å². The van der Waals surface area contributed by atoms with Crippen LogP contribution in [0.4, 0.5) is 0 Å². The zero-order valence-corrected chi connectivity index (χ0v) is 16.3. The molecule has 1 saturated heterocycles. The standard InChI is InChI=1S/C20H25N5O3/c1-27-16-7-6-14(18(22-16)28-2)19(26)24-10-15(20(11-24)8-3-9-20)17-23-21-12-25(17)13-4-5-13/h6-7,12-13,15H,3-5,8-11H2,1-2H3. The first-order chi connectivity index (χ1) is 13.6. The molecule has 2 aromatic heterocycles. The molecular weight excluding hydrogens is 358 g/mol. The Morgan fingerprint density at radius 1 is 1.21 bits per heavy atom. The number of likely N-dealkylation sites (tertiary alicyclic amines) is 1. The van der Waals surface area contributed by atoms with E-state index in [1.54, 1.807) is 19.2 Å². The topological polar surface area (TPSA) is 82.4 Å². The average Bonchev–Trinajstić information content (AvgIpc) is 3.27. The molecule has 1 unspecified atom stereocenters. The molecule has 1 aliphatic heterocycles. The van der Waals surface area contributed by atoms with Crippen LogP contribution in [-0.4, -0.2) is 57.9 Å². The molecule has 3 fully saturated rings. The number of nitrogens with zero attached hydrogens (tertiary/aromatic N) is 5. The number of ether oxygens (including phenoxy) is 2. The van der Waals surface area contributed by atoms with E-state index in [0.29, 0.717) is 29.9 Å². The minimum Gasteiger partial charge on any atom is -0.481 e. The molecule has 0 aromatic carbocycles. The van der Waals surface area contributed by atoms with E-state index in [1.165, 1.54) is 26.4 Å². The number of aromatic nitrogens is 4. The molecule has 28 heavy (non-hydrogen) atoms. The summed E-state index contributed by atoms with van der Waals surface area (Å²) in [6, 6.07) is 3.98. The second kappa shape index (κ2) is 6.46. The lowest BCUT2D eigenvalue weighted by atomic mass is 9.62. The summed E-state index contributed by atoms with van der Waals surface area (Å²) in [5, 5.41) is 8.67. The molecule has 2 saturated carbocycles. The van der Waals surface area contributed by atoms with E-state index in [0.717, 1.165) is 25.2 Å². The normalized spacial score (nSPS) is 22.9. The van der Waals surface area contributed by atoms with E-state index in [9.17, 15) is 4.79 Å². The summed E-state index contributed by atoms with van der Waals surface area (Å²) in [4.78, 5) is 19.5. The van der Waals surface area contributed by atoms with E-state index in [1.807, 2.05) is 11.2 Å². The summed E-state index contributed by atoms with van der Waals surface area (Å²) in [7, 11) is 3.07. The number of hydrogen-bond acceptors (Lipinski definition) is 6. The Labute approximate surface area is 163 Å². The quantitative estimate of drug-likeness (QED) is 0.789. The van der Waals surface area contributed by atoms with Gasteiger partial charge in [0.1, 0.15) is 17.7 Å². The maximum absolute atomic E-state index is 13.3. The van der Waals surface area contributed by atoms with Crippen molar-refractivity contribution in [2.45, 2.75) is 44.1 Å². The monoisotopic (exact) mass is 383 g/mol. The highest BCUT2D eigenvalue weighted by molar-refractivity contribution is 5.96. The fourth-order valence-electron chi connectivity index (χ4n) is 4.78. The average molecular weight is 383 g/mol. The third-order valence-corrected chi connectivity index (χ3v) is 6.60. The van der Waals surface area contributed by atoms with E-state index < -0.39 is 0 Å². The molecule has 2 aliphatic carbocycles. The predicted octanol–water partition coefficient (Wildman–Crippen LogP) is 2.44. The van der Waals surface area contributed by atoms with Gasteiger partial charge in [-0.1, -0.05) is 6.42 Å². The zero-order valence-electron chi connectivity index (χ0n) is 16.3. The molecule has 0 bridgehead atoms. The van der Waals surface area contributed by atoms with Crippen molar-refractivity contribution in [2.24, 2.45) is 5.41 Å². The Bertz CT molecular complexity index is 903. The molecule has 8 nitrogen and oxygen atoms in total. The summed E-state index contributed by atoms with van der Waals surface area (Å²) < 4.78 is 12.7. The molecule has 3 aliphatic rings. The Hall–Kier alpha value is -2.64. The van der Waals surface area contributed by atoms with Crippen molar-refractivity contribution in [1.29, 1.82) is 0 Å². The van der Waals surface area contributed by atoms with Crippen molar-refractivity contribution in [2.75, 3.05) is 27.3 Å². The Kier molecular flexibility index (Phi) is 4.03. The van der Waals surface area contributed by atoms with Crippen LogP contribution in [0.2, 0.25) is 0 Å². The van der Waals surface area contributed by atoms with Gasteiger partial charge in [-0.05, 0) is 37.2 Å². The number of hydrogen-bond donors (Lipinski definition) is 0. The van der Waals surface area contributed by atoms with E-state index in [4.69, 9.17) is 9.47 Å². The van der Waals surface area contributed by atoms with Gasteiger partial charge in [0.25, 0.3) is 5.91 Å². The second-order valence-corrected chi connectivity index (χ2v) is 8.19. The number of methoxy groups -OCH3 is 2. The van der Waals surface area contributed by atoms with Crippen molar-refractivity contribution in [1.82, 2.24) is 24.6 Å². The third kappa shape index (κ3) is 2.65. The zero-order chi connectivity index (χ0) is 19.3. The summed E-state index contributed by atoms with van der Waals surface area (Å²) in [5.74, 6) is 1.98. The predicted molar refractivity (Wildman–Crippen MR) is 101 cm³/mol. The van der Waals surface area contributed by atoms with Gasteiger partial charge in [-0.25, -0.2) is 0 Å². The van der Waals surface area contributed by atoms with Crippen LogP contribution in [0.3, 0.4) is 0 Å². The number of rotatable bonds is 5. The Balaban J connectivity index is 1.44. The molecule has 1 amide bonds. The van der Waals surface area contributed by atoms with Crippen molar-refractivity contribution < 1.29 is 14.3 Å². The molecule has 8 heteroatoms. The fourth-order valence-corrected chi connectivity index (χ4v) is 4.78. The van der Waals surface area contributed by atoms with Crippen LogP contribution in [0.5, 0.6) is 11.8 Å². The minimum absolute atomic E-state index is 0.0433. The molecule has 3 heterocycles. The summed E-state index contributed by atoms with van der Waals surface area (Å²) in [6.07, 6.45) is 7.74. The Morgan fingerprint density at radius 3 is 2.68 bits per heavy atom. The van der Waals surface area contributed by atoms with Gasteiger partial charge in [0, 0.05) is 31.1 Å². The molecule has 2 aromatic rings. The van der Waals surface area contributed by atoms with Crippen molar-refractivity contribution >= 4 is 5.91 Å². The Morgan fingerprint density at radius 2 is 2.04 bits per heavy atom. The van der Waals surface area contributed by atoms with Gasteiger partial charge in [0.05, 0.1) is 14.2 Å². The third-order valence-electron chi connectivity index (χ3n) is 6.60. The summed E-state index contributed by atoms with van der Waals surface area (Å²) >= 11 is 0. The van der Waals surface area contributed by atoms with Crippen LogP contribution in [0.25, 0.3) is 0 Å². The van der Waals surface area contributed by atoms with Crippen LogP contribution < -0.4 is 9.47 Å². The van der Waals surface area contributed by atoms with Crippen LogP contribution in [0, 0.1) is 5.41 Å². The first kappa shape index (κ1) is 17.5. The van der Waals surface area contributed by atoms with E-state index >= 15 is 0 Å². The van der Waals surface area contributed by atoms with Gasteiger partial charge in [-0.2, -0.15) is 4.98 Å².